The Balaban J connectivity index is 3.57. The van der Waals surface area contributed by atoms with Crippen LogP contribution in [-0.2, 0) is 20.4 Å². The minimum absolute atomic E-state index is 0.0807. The molecule has 0 aliphatic rings. The maximum atomic E-state index is 11.1. The molecule has 0 bridgehead atoms. The molecule has 0 rings (SSSR count). The van der Waals surface area contributed by atoms with E-state index in [1.807, 2.05) is 0 Å². The fourth-order valence-electron chi connectivity index (χ4n) is 0.657. The molecule has 2 N–H and O–H groups in total. The van der Waals surface area contributed by atoms with E-state index in [0.717, 1.165) is 11.8 Å². The Labute approximate surface area is 95.5 Å². The molecule has 0 spiro atoms. The third-order valence-electron chi connectivity index (χ3n) is 1.61. The number of carbonyl (C=O) groups is 2. The molecule has 0 heterocycles. The highest BCUT2D eigenvalue weighted by molar-refractivity contribution is 8.00. The average molecular weight is 253 g/mol. The second-order valence-corrected chi connectivity index (χ2v) is 5.79. The molecule has 0 aromatic heterocycles. The smallest absolute Gasteiger partial charge is 0.313 e. The van der Waals surface area contributed by atoms with Crippen molar-refractivity contribution < 1.29 is 18.9 Å². The van der Waals surface area contributed by atoms with E-state index in [9.17, 15) is 13.8 Å². The fourth-order valence-corrected chi connectivity index (χ4v) is 1.54. The molecule has 15 heavy (non-hydrogen) atoms. The zero-order valence-electron chi connectivity index (χ0n) is 8.69. The molecule has 0 aliphatic carbocycles. The number of aliphatic carboxylic acids is 1. The van der Waals surface area contributed by atoms with Crippen molar-refractivity contribution >= 4 is 34.4 Å². The largest absolute Gasteiger partial charge is 0.481 e. The van der Waals surface area contributed by atoms with Gasteiger partial charge in [0.2, 0.25) is 5.91 Å². The number of carbonyl (C=O) groups excluding carboxylic acids is 1. The van der Waals surface area contributed by atoms with Crippen molar-refractivity contribution in [2.75, 3.05) is 24.3 Å². The van der Waals surface area contributed by atoms with E-state index in [0.29, 0.717) is 6.54 Å². The summed E-state index contributed by atoms with van der Waals surface area (Å²) < 4.78 is 10.9. The minimum Gasteiger partial charge on any atom is -0.481 e. The molecule has 0 saturated heterocycles. The van der Waals surface area contributed by atoms with Crippen LogP contribution in [0.1, 0.15) is 6.92 Å². The monoisotopic (exact) mass is 253 g/mol. The van der Waals surface area contributed by atoms with Gasteiger partial charge in [-0.1, -0.05) is 0 Å². The van der Waals surface area contributed by atoms with E-state index >= 15 is 0 Å². The predicted octanol–water partition coefficient (Wildman–Crippen LogP) is -0.313. The van der Waals surface area contributed by atoms with Gasteiger partial charge < -0.3 is 10.4 Å². The van der Waals surface area contributed by atoms with E-state index in [1.54, 1.807) is 13.2 Å². The average Bonchev–Trinajstić information content (AvgIpc) is 2.13. The maximum Gasteiger partial charge on any atom is 0.313 e. The van der Waals surface area contributed by atoms with Gasteiger partial charge in [0.25, 0.3) is 0 Å². The zero-order chi connectivity index (χ0) is 11.8. The van der Waals surface area contributed by atoms with Crippen LogP contribution in [0.25, 0.3) is 0 Å². The summed E-state index contributed by atoms with van der Waals surface area (Å²) in [5.41, 5.74) is 0. The van der Waals surface area contributed by atoms with Gasteiger partial charge in [0.15, 0.2) is 0 Å². The number of amides is 1. The predicted molar refractivity (Wildman–Crippen MR) is 61.5 cm³/mol. The van der Waals surface area contributed by atoms with E-state index in [1.165, 1.54) is 0 Å². The van der Waals surface area contributed by atoms with Crippen molar-refractivity contribution in [1.82, 2.24) is 5.32 Å². The first-order chi connectivity index (χ1) is 6.93. The molecule has 0 aromatic carbocycles. The molecule has 5 nitrogen and oxygen atoms in total. The van der Waals surface area contributed by atoms with E-state index < -0.39 is 16.8 Å². The van der Waals surface area contributed by atoms with Crippen LogP contribution in [0.3, 0.4) is 0 Å². The van der Waals surface area contributed by atoms with Crippen molar-refractivity contribution in [3.8, 4) is 0 Å². The van der Waals surface area contributed by atoms with Crippen LogP contribution in [0.15, 0.2) is 0 Å². The summed E-state index contributed by atoms with van der Waals surface area (Å²) in [6.07, 6.45) is 1.58. The van der Waals surface area contributed by atoms with Crippen LogP contribution in [0.2, 0.25) is 0 Å². The van der Waals surface area contributed by atoms with Gasteiger partial charge in [-0.3, -0.25) is 13.8 Å². The van der Waals surface area contributed by atoms with Gasteiger partial charge in [0.1, 0.15) is 0 Å². The third-order valence-corrected chi connectivity index (χ3v) is 3.83. The highest BCUT2D eigenvalue weighted by Crippen LogP contribution is 1.98. The summed E-state index contributed by atoms with van der Waals surface area (Å²) in [5.74, 6) is -1.12. The maximum absolute atomic E-state index is 11.1. The Bertz CT molecular complexity index is 257. The van der Waals surface area contributed by atoms with E-state index in [-0.39, 0.29) is 22.7 Å². The molecule has 1 amide bonds. The van der Waals surface area contributed by atoms with Crippen LogP contribution in [-0.4, -0.2) is 50.7 Å². The molecule has 0 radical (unpaired) electrons. The Morgan fingerprint density at radius 2 is 2.07 bits per heavy atom. The van der Waals surface area contributed by atoms with Crippen LogP contribution in [0.5, 0.6) is 0 Å². The minimum atomic E-state index is -0.955. The topological polar surface area (TPSA) is 83.5 Å². The van der Waals surface area contributed by atoms with Crippen molar-refractivity contribution in [1.29, 1.82) is 0 Å². The van der Waals surface area contributed by atoms with Crippen LogP contribution >= 0.6 is 11.8 Å². The third kappa shape index (κ3) is 8.44. The van der Waals surface area contributed by atoms with Crippen LogP contribution < -0.4 is 5.32 Å². The molecule has 0 saturated carbocycles. The lowest BCUT2D eigenvalue weighted by molar-refractivity contribution is -0.133. The Hall–Kier alpha value is -0.560. The number of hydrogen-bond donors (Lipinski definition) is 2. The first kappa shape index (κ1) is 14.4. The molecule has 7 heteroatoms. The van der Waals surface area contributed by atoms with Gasteiger partial charge >= 0.3 is 5.97 Å². The Kier molecular flexibility index (Phi) is 7.41. The summed E-state index contributed by atoms with van der Waals surface area (Å²) in [6, 6.07) is 0. The highest BCUT2D eigenvalue weighted by Gasteiger charge is 2.08. The summed E-state index contributed by atoms with van der Waals surface area (Å²) in [6.45, 7) is 2.14. The second-order valence-electron chi connectivity index (χ2n) is 3.00. The van der Waals surface area contributed by atoms with Crippen molar-refractivity contribution in [3.05, 3.63) is 0 Å². The van der Waals surface area contributed by atoms with Gasteiger partial charge in [-0.15, -0.1) is 11.8 Å². The molecule has 2 unspecified atom stereocenters. The summed E-state index contributed by atoms with van der Waals surface area (Å²) in [5, 5.41) is 10.8. The number of carboxylic acid groups (broad SMARTS) is 1. The number of carboxylic acids is 1. The second kappa shape index (κ2) is 7.70. The van der Waals surface area contributed by atoms with Crippen LogP contribution in [0.4, 0.5) is 0 Å². The van der Waals surface area contributed by atoms with E-state index in [4.69, 9.17) is 5.11 Å². The molecule has 88 valence electrons. The van der Waals surface area contributed by atoms with Crippen molar-refractivity contribution in [2.45, 2.75) is 12.2 Å². The van der Waals surface area contributed by atoms with Gasteiger partial charge in [0.05, 0.1) is 11.5 Å². The molecule has 0 aromatic rings. The lowest BCUT2D eigenvalue weighted by Gasteiger charge is -2.09. The lowest BCUT2D eigenvalue weighted by atomic mass is 10.4. The normalized spacial score (nSPS) is 14.3. The van der Waals surface area contributed by atoms with Gasteiger partial charge in [-0.2, -0.15) is 0 Å². The fraction of sp³-hybridized carbons (Fsp3) is 0.750. The van der Waals surface area contributed by atoms with Gasteiger partial charge in [0, 0.05) is 28.9 Å². The molecular formula is C8H15NO4S2. The first-order valence-corrected chi connectivity index (χ1v) is 7.09. The van der Waals surface area contributed by atoms with Crippen molar-refractivity contribution in [3.63, 3.8) is 0 Å². The number of thioether (sulfide) groups is 1. The molecular weight excluding hydrogens is 238 g/mol. The molecule has 0 aliphatic heterocycles. The summed E-state index contributed by atoms with van der Waals surface area (Å²) in [4.78, 5) is 21.3. The van der Waals surface area contributed by atoms with Gasteiger partial charge in [-0.25, -0.2) is 0 Å². The van der Waals surface area contributed by atoms with Crippen molar-refractivity contribution in [2.24, 2.45) is 0 Å². The van der Waals surface area contributed by atoms with E-state index in [2.05, 4.69) is 5.32 Å². The highest BCUT2D eigenvalue weighted by atomic mass is 32.2. The Morgan fingerprint density at radius 1 is 1.47 bits per heavy atom. The number of nitrogens with one attached hydrogen (secondary N) is 1. The number of hydrogen-bond acceptors (Lipinski definition) is 4. The van der Waals surface area contributed by atoms with Gasteiger partial charge in [-0.05, 0) is 6.92 Å². The molecule has 0 fully saturated rings. The summed E-state index contributed by atoms with van der Waals surface area (Å²) in [7, 11) is -0.955. The standard InChI is InChI=1S/C8H15NO4S2/c1-6(15(2)13)3-9-7(10)4-14-5-8(11)12/h6H,3-5H2,1-2H3,(H,9,10)(H,11,12). The zero-order valence-corrected chi connectivity index (χ0v) is 10.3. The SMILES string of the molecule is CC(CNC(=O)CSCC(=O)O)S(C)=O. The lowest BCUT2D eigenvalue weighted by Crippen LogP contribution is -2.33. The first-order valence-electron chi connectivity index (χ1n) is 4.32. The number of rotatable bonds is 7. The summed E-state index contributed by atoms with van der Waals surface area (Å²) >= 11 is 1.04. The Morgan fingerprint density at radius 3 is 2.53 bits per heavy atom. The quantitative estimate of drug-likeness (QED) is 0.650. The molecule has 2 atom stereocenters. The van der Waals surface area contributed by atoms with Crippen LogP contribution in [0, 0.1) is 0 Å².